The van der Waals surface area contributed by atoms with Crippen molar-refractivity contribution in [3.05, 3.63) is 21.9 Å². The van der Waals surface area contributed by atoms with Gasteiger partial charge in [0.05, 0.1) is 5.56 Å². The maximum Gasteiger partial charge on any atom is 0.100 e. The van der Waals surface area contributed by atoms with Crippen LogP contribution in [0.4, 0.5) is 0 Å². The zero-order valence-corrected chi connectivity index (χ0v) is 12.9. The highest BCUT2D eigenvalue weighted by molar-refractivity contribution is 7.10. The third-order valence-electron chi connectivity index (χ3n) is 4.09. The van der Waals surface area contributed by atoms with Crippen LogP contribution in [0, 0.1) is 22.7 Å². The minimum absolute atomic E-state index is 0.531. The van der Waals surface area contributed by atoms with Gasteiger partial charge in [0, 0.05) is 23.3 Å². The first-order valence-electron chi connectivity index (χ1n) is 7.32. The molecule has 3 heteroatoms. The van der Waals surface area contributed by atoms with E-state index in [1.54, 1.807) is 11.3 Å². The van der Waals surface area contributed by atoms with Crippen LogP contribution >= 0.6 is 11.3 Å². The molecule has 0 bridgehead atoms. The molecule has 1 heterocycles. The Morgan fingerprint density at radius 3 is 2.74 bits per heavy atom. The van der Waals surface area contributed by atoms with Crippen molar-refractivity contribution in [3.63, 3.8) is 0 Å². The molecule has 2 rings (SSSR count). The summed E-state index contributed by atoms with van der Waals surface area (Å²) in [5, 5.41) is 14.4. The van der Waals surface area contributed by atoms with E-state index in [4.69, 9.17) is 5.26 Å². The lowest BCUT2D eigenvalue weighted by molar-refractivity contribution is 0.224. The second-order valence-electron chi connectivity index (χ2n) is 6.32. The Hall–Kier alpha value is -0.850. The topological polar surface area (TPSA) is 35.8 Å². The predicted octanol–water partition coefficient (Wildman–Crippen LogP) is 4.32. The van der Waals surface area contributed by atoms with Crippen LogP contribution in [0.5, 0.6) is 0 Å². The monoisotopic (exact) mass is 276 g/mol. The molecule has 1 aromatic heterocycles. The van der Waals surface area contributed by atoms with Gasteiger partial charge in [-0.2, -0.15) is 5.26 Å². The zero-order valence-electron chi connectivity index (χ0n) is 12.0. The lowest BCUT2D eigenvalue weighted by atomic mass is 9.78. The fourth-order valence-electron chi connectivity index (χ4n) is 3.43. The van der Waals surface area contributed by atoms with Crippen molar-refractivity contribution in [2.45, 2.75) is 52.5 Å². The van der Waals surface area contributed by atoms with Crippen LogP contribution in [-0.4, -0.2) is 6.54 Å². The Labute approximate surface area is 120 Å². The number of nitrogens with zero attached hydrogens (tertiary/aromatic N) is 1. The highest BCUT2D eigenvalue weighted by atomic mass is 32.1. The van der Waals surface area contributed by atoms with Crippen molar-refractivity contribution >= 4 is 11.3 Å². The van der Waals surface area contributed by atoms with Crippen LogP contribution in [0.3, 0.4) is 0 Å². The van der Waals surface area contributed by atoms with Crippen molar-refractivity contribution in [2.24, 2.45) is 11.3 Å². The lowest BCUT2D eigenvalue weighted by Crippen LogP contribution is -2.32. The van der Waals surface area contributed by atoms with Crippen molar-refractivity contribution in [1.82, 2.24) is 5.32 Å². The fraction of sp³-hybridized carbons (Fsp3) is 0.688. The molecule has 1 aliphatic rings. The van der Waals surface area contributed by atoms with Gasteiger partial charge < -0.3 is 5.32 Å². The summed E-state index contributed by atoms with van der Waals surface area (Å²) in [6, 6.07) is 4.20. The van der Waals surface area contributed by atoms with Gasteiger partial charge in [0.2, 0.25) is 0 Å². The van der Waals surface area contributed by atoms with E-state index in [2.05, 4.69) is 25.2 Å². The summed E-state index contributed by atoms with van der Waals surface area (Å²) in [5.41, 5.74) is 1.32. The zero-order chi connectivity index (χ0) is 13.7. The normalized spacial score (nSPS) is 17.8. The third kappa shape index (κ3) is 4.06. The molecule has 1 aromatic rings. The van der Waals surface area contributed by atoms with Crippen LogP contribution in [0.25, 0.3) is 0 Å². The van der Waals surface area contributed by atoms with Gasteiger partial charge in [-0.1, -0.05) is 26.7 Å². The van der Waals surface area contributed by atoms with Gasteiger partial charge in [-0.25, -0.2) is 0 Å². The van der Waals surface area contributed by atoms with E-state index in [1.807, 2.05) is 11.4 Å². The van der Waals surface area contributed by atoms with Gasteiger partial charge in [0.25, 0.3) is 0 Å². The van der Waals surface area contributed by atoms with E-state index in [0.717, 1.165) is 24.6 Å². The largest absolute Gasteiger partial charge is 0.311 e. The molecule has 1 N–H and O–H groups in total. The minimum atomic E-state index is 0.531. The van der Waals surface area contributed by atoms with Crippen LogP contribution < -0.4 is 5.32 Å². The number of nitrogens with one attached hydrogen (secondary N) is 1. The summed E-state index contributed by atoms with van der Waals surface area (Å²) in [6.07, 6.45) is 6.89. The summed E-state index contributed by atoms with van der Waals surface area (Å²) in [4.78, 5) is 1.27. The molecule has 0 spiro atoms. The Balaban J connectivity index is 1.84. The van der Waals surface area contributed by atoms with E-state index in [0.29, 0.717) is 5.41 Å². The molecule has 0 aromatic carbocycles. The first-order valence-corrected chi connectivity index (χ1v) is 8.20. The Morgan fingerprint density at radius 2 is 2.16 bits per heavy atom. The van der Waals surface area contributed by atoms with E-state index < -0.39 is 0 Å². The number of hydrogen-bond acceptors (Lipinski definition) is 3. The fourth-order valence-corrected chi connectivity index (χ4v) is 4.21. The molecule has 2 nitrogen and oxygen atoms in total. The standard InChI is InChI=1S/C16H24N2S/c1-13(2)8-16(5-3-4-6-16)12-18-10-15-7-14(9-17)11-19-15/h7,11,13,18H,3-6,8,10,12H2,1-2H3. The number of nitriles is 1. The molecule has 0 atom stereocenters. The van der Waals surface area contributed by atoms with Crippen molar-refractivity contribution in [1.29, 1.82) is 5.26 Å². The van der Waals surface area contributed by atoms with Gasteiger partial charge in [-0.3, -0.25) is 0 Å². The molecule has 0 radical (unpaired) electrons. The van der Waals surface area contributed by atoms with Crippen LogP contribution in [0.15, 0.2) is 11.4 Å². The molecule has 0 amide bonds. The predicted molar refractivity (Wildman–Crippen MR) is 81.1 cm³/mol. The van der Waals surface area contributed by atoms with Crippen LogP contribution in [0.1, 0.15) is 56.4 Å². The molecule has 1 fully saturated rings. The molecule has 1 aliphatic carbocycles. The van der Waals surface area contributed by atoms with Gasteiger partial charge >= 0.3 is 0 Å². The Bertz CT molecular complexity index is 436. The third-order valence-corrected chi connectivity index (χ3v) is 5.02. The summed E-state index contributed by atoms with van der Waals surface area (Å²) < 4.78 is 0. The van der Waals surface area contributed by atoms with E-state index in [9.17, 15) is 0 Å². The van der Waals surface area contributed by atoms with E-state index in [-0.39, 0.29) is 0 Å². The van der Waals surface area contributed by atoms with Crippen molar-refractivity contribution < 1.29 is 0 Å². The maximum absolute atomic E-state index is 8.83. The molecule has 0 unspecified atom stereocenters. The lowest BCUT2D eigenvalue weighted by Gasteiger charge is -2.31. The summed E-state index contributed by atoms with van der Waals surface area (Å²) in [7, 11) is 0. The van der Waals surface area contributed by atoms with Crippen molar-refractivity contribution in [3.8, 4) is 6.07 Å². The van der Waals surface area contributed by atoms with Crippen LogP contribution in [0.2, 0.25) is 0 Å². The highest BCUT2D eigenvalue weighted by Crippen LogP contribution is 2.42. The van der Waals surface area contributed by atoms with Gasteiger partial charge in [-0.05, 0) is 36.7 Å². The smallest absolute Gasteiger partial charge is 0.100 e. The highest BCUT2D eigenvalue weighted by Gasteiger charge is 2.33. The molecular formula is C16H24N2S. The maximum atomic E-state index is 8.83. The number of rotatable bonds is 6. The molecule has 104 valence electrons. The molecule has 0 saturated heterocycles. The summed E-state index contributed by atoms with van der Waals surface area (Å²) in [5.74, 6) is 0.784. The summed E-state index contributed by atoms with van der Waals surface area (Å²) in [6.45, 7) is 6.70. The Kier molecular flexibility index (Phi) is 5.01. The average molecular weight is 276 g/mol. The molecule has 1 saturated carbocycles. The molecule has 19 heavy (non-hydrogen) atoms. The second-order valence-corrected chi connectivity index (χ2v) is 7.32. The number of hydrogen-bond donors (Lipinski definition) is 1. The summed E-state index contributed by atoms with van der Waals surface area (Å²) >= 11 is 1.68. The average Bonchev–Trinajstić information content (AvgIpc) is 2.98. The van der Waals surface area contributed by atoms with Crippen molar-refractivity contribution in [2.75, 3.05) is 6.54 Å². The SMILES string of the molecule is CC(C)CC1(CNCc2cc(C#N)cs2)CCCC1. The van der Waals surface area contributed by atoms with E-state index in [1.165, 1.54) is 37.0 Å². The van der Waals surface area contributed by atoms with Gasteiger partial charge in [0.15, 0.2) is 0 Å². The first kappa shape index (κ1) is 14.6. The molecule has 0 aliphatic heterocycles. The number of thiophene rings is 1. The quantitative estimate of drug-likeness (QED) is 0.840. The Morgan fingerprint density at radius 1 is 1.42 bits per heavy atom. The second kappa shape index (κ2) is 6.54. The van der Waals surface area contributed by atoms with E-state index >= 15 is 0 Å². The van der Waals surface area contributed by atoms with Crippen LogP contribution in [-0.2, 0) is 6.54 Å². The molecular weight excluding hydrogens is 252 g/mol. The van der Waals surface area contributed by atoms with Gasteiger partial charge in [-0.15, -0.1) is 11.3 Å². The first-order chi connectivity index (χ1) is 9.13. The van der Waals surface area contributed by atoms with Gasteiger partial charge in [0.1, 0.15) is 6.07 Å². The minimum Gasteiger partial charge on any atom is -0.311 e.